The van der Waals surface area contributed by atoms with E-state index in [0.717, 1.165) is 9.88 Å². The summed E-state index contributed by atoms with van der Waals surface area (Å²) in [4.78, 5) is 5.12. The monoisotopic (exact) mass is 289 g/mol. The fourth-order valence-corrected chi connectivity index (χ4v) is 3.98. The number of nitrogens with one attached hydrogen (secondary N) is 1. The van der Waals surface area contributed by atoms with Crippen molar-refractivity contribution >= 4 is 32.7 Å². The average Bonchev–Trinajstić information content (AvgIpc) is 2.98. The van der Waals surface area contributed by atoms with Gasteiger partial charge in [-0.1, -0.05) is 0 Å². The molecule has 2 aromatic heterocycles. The second kappa shape index (κ2) is 5.23. The summed E-state index contributed by atoms with van der Waals surface area (Å²) in [7, 11) is -3.45. The van der Waals surface area contributed by atoms with Gasteiger partial charge in [-0.25, -0.2) is 18.1 Å². The van der Waals surface area contributed by atoms with E-state index in [4.69, 9.17) is 5.73 Å². The van der Waals surface area contributed by atoms with Gasteiger partial charge >= 0.3 is 0 Å². The Morgan fingerprint density at radius 2 is 2.24 bits per heavy atom. The summed E-state index contributed by atoms with van der Waals surface area (Å²) in [6, 6.07) is 1.59. The molecule has 0 saturated carbocycles. The molecule has 0 spiro atoms. The van der Waals surface area contributed by atoms with Crippen molar-refractivity contribution in [3.63, 3.8) is 0 Å². The summed E-state index contributed by atoms with van der Waals surface area (Å²) < 4.78 is 26.3. The number of aromatic nitrogens is 1. The van der Waals surface area contributed by atoms with Gasteiger partial charge in [-0.3, -0.25) is 0 Å². The molecule has 0 amide bonds. The van der Waals surface area contributed by atoms with Crippen LogP contribution in [0.2, 0.25) is 0 Å². The molecule has 0 fully saturated rings. The molecule has 0 aromatic carbocycles. The maximum absolute atomic E-state index is 11.9. The lowest BCUT2D eigenvalue weighted by Crippen LogP contribution is -2.22. The molecule has 5 nitrogen and oxygen atoms in total. The first kappa shape index (κ1) is 12.7. The molecule has 2 heterocycles. The average molecular weight is 289 g/mol. The second-order valence-electron chi connectivity index (χ2n) is 3.20. The summed E-state index contributed by atoms with van der Waals surface area (Å²) in [5.41, 5.74) is 5.44. The lowest BCUT2D eigenvalue weighted by Gasteiger charge is -2.02. The van der Waals surface area contributed by atoms with Crippen molar-refractivity contribution in [3.8, 4) is 0 Å². The maximum Gasteiger partial charge on any atom is 0.241 e. The Morgan fingerprint density at radius 3 is 2.82 bits per heavy atom. The van der Waals surface area contributed by atoms with Gasteiger partial charge in [0, 0.05) is 28.4 Å². The van der Waals surface area contributed by atoms with Gasteiger partial charge in [0.05, 0.1) is 11.4 Å². The summed E-state index contributed by atoms with van der Waals surface area (Å²) >= 11 is 2.76. The van der Waals surface area contributed by atoms with Crippen LogP contribution in [-0.4, -0.2) is 13.4 Å². The number of hydrogen-bond acceptors (Lipinski definition) is 6. The third kappa shape index (κ3) is 3.11. The van der Waals surface area contributed by atoms with Gasteiger partial charge in [0.2, 0.25) is 10.0 Å². The van der Waals surface area contributed by atoms with Crippen molar-refractivity contribution in [1.82, 2.24) is 9.71 Å². The van der Waals surface area contributed by atoms with E-state index in [1.807, 2.05) is 0 Å². The lowest BCUT2D eigenvalue weighted by molar-refractivity contribution is 0.581. The second-order valence-corrected chi connectivity index (χ2v) is 6.95. The fourth-order valence-electron chi connectivity index (χ4n) is 1.19. The highest BCUT2D eigenvalue weighted by Crippen LogP contribution is 2.19. The smallest absolute Gasteiger partial charge is 0.241 e. The van der Waals surface area contributed by atoms with Crippen LogP contribution < -0.4 is 10.5 Å². The third-order valence-corrected chi connectivity index (χ3v) is 5.31. The van der Waals surface area contributed by atoms with Crippen LogP contribution in [0.15, 0.2) is 27.9 Å². The Bertz CT molecular complexity index is 574. The topological polar surface area (TPSA) is 85.1 Å². The third-order valence-electron chi connectivity index (χ3n) is 2.04. The Hall–Kier alpha value is -0.800. The van der Waals surface area contributed by atoms with Crippen molar-refractivity contribution in [2.45, 2.75) is 18.0 Å². The number of rotatable bonds is 5. The SMILES string of the molecule is NCc1cc(S(=O)(=O)NCc2nccs2)cs1. The van der Waals surface area contributed by atoms with Crippen LogP contribution in [-0.2, 0) is 23.1 Å². The van der Waals surface area contributed by atoms with Crippen LogP contribution in [0.1, 0.15) is 9.88 Å². The summed E-state index contributed by atoms with van der Waals surface area (Å²) in [5.74, 6) is 0. The fraction of sp³-hybridized carbons (Fsp3) is 0.222. The Kier molecular flexibility index (Phi) is 3.89. The van der Waals surface area contributed by atoms with Gasteiger partial charge in [-0.2, -0.15) is 0 Å². The minimum Gasteiger partial charge on any atom is -0.326 e. The zero-order valence-corrected chi connectivity index (χ0v) is 11.2. The lowest BCUT2D eigenvalue weighted by atomic mass is 10.5. The van der Waals surface area contributed by atoms with E-state index in [1.54, 1.807) is 23.0 Å². The van der Waals surface area contributed by atoms with Gasteiger partial charge in [0.1, 0.15) is 5.01 Å². The molecule has 0 aliphatic carbocycles. The highest BCUT2D eigenvalue weighted by atomic mass is 32.2. The molecular formula is C9H11N3O2S3. The Morgan fingerprint density at radius 1 is 1.41 bits per heavy atom. The molecule has 0 aliphatic heterocycles. The van der Waals surface area contributed by atoms with Crippen LogP contribution in [0.25, 0.3) is 0 Å². The highest BCUT2D eigenvalue weighted by Gasteiger charge is 2.15. The molecule has 0 saturated heterocycles. The molecule has 0 bridgehead atoms. The quantitative estimate of drug-likeness (QED) is 0.864. The molecule has 0 unspecified atom stereocenters. The molecule has 92 valence electrons. The van der Waals surface area contributed by atoms with E-state index >= 15 is 0 Å². The minimum atomic E-state index is -3.45. The summed E-state index contributed by atoms with van der Waals surface area (Å²) in [5, 5.41) is 4.13. The summed E-state index contributed by atoms with van der Waals surface area (Å²) in [6.07, 6.45) is 1.64. The number of nitrogens with two attached hydrogens (primary N) is 1. The molecule has 0 radical (unpaired) electrons. The number of hydrogen-bond donors (Lipinski definition) is 2. The van der Waals surface area contributed by atoms with Crippen LogP contribution in [0.4, 0.5) is 0 Å². The zero-order chi connectivity index (χ0) is 12.3. The molecule has 0 aliphatic rings. The van der Waals surface area contributed by atoms with E-state index in [1.165, 1.54) is 22.7 Å². The van der Waals surface area contributed by atoms with Gasteiger partial charge in [-0.05, 0) is 6.07 Å². The highest BCUT2D eigenvalue weighted by molar-refractivity contribution is 7.89. The van der Waals surface area contributed by atoms with Crippen LogP contribution in [0.5, 0.6) is 0 Å². The van der Waals surface area contributed by atoms with Crippen molar-refractivity contribution in [1.29, 1.82) is 0 Å². The number of thiophene rings is 1. The molecule has 2 aromatic rings. The Labute approximate surface area is 107 Å². The van der Waals surface area contributed by atoms with E-state index < -0.39 is 10.0 Å². The standard InChI is InChI=1S/C9H11N3O2S3/c10-4-7-3-8(6-16-7)17(13,14)12-5-9-11-1-2-15-9/h1-3,6,12H,4-5,10H2. The largest absolute Gasteiger partial charge is 0.326 e. The number of sulfonamides is 1. The predicted molar refractivity (Wildman–Crippen MR) is 68.3 cm³/mol. The van der Waals surface area contributed by atoms with Crippen LogP contribution >= 0.6 is 22.7 Å². The first-order chi connectivity index (χ1) is 8.12. The molecule has 3 N–H and O–H groups in total. The van der Waals surface area contributed by atoms with Gasteiger partial charge < -0.3 is 5.73 Å². The zero-order valence-electron chi connectivity index (χ0n) is 8.79. The molecular weight excluding hydrogens is 278 g/mol. The van der Waals surface area contributed by atoms with E-state index in [0.29, 0.717) is 6.54 Å². The molecule has 8 heteroatoms. The first-order valence-electron chi connectivity index (χ1n) is 4.77. The molecule has 2 rings (SSSR count). The number of nitrogens with zero attached hydrogens (tertiary/aromatic N) is 1. The van der Waals surface area contributed by atoms with Crippen molar-refractivity contribution in [3.05, 3.63) is 32.9 Å². The Balaban J connectivity index is 2.08. The first-order valence-corrected chi connectivity index (χ1v) is 8.01. The molecule has 0 atom stereocenters. The van der Waals surface area contributed by atoms with Crippen LogP contribution in [0.3, 0.4) is 0 Å². The van der Waals surface area contributed by atoms with E-state index in [9.17, 15) is 8.42 Å². The predicted octanol–water partition coefficient (Wildman–Crippen LogP) is 1.14. The van der Waals surface area contributed by atoms with Crippen molar-refractivity contribution in [2.75, 3.05) is 0 Å². The normalized spacial score (nSPS) is 11.8. The van der Waals surface area contributed by atoms with Crippen molar-refractivity contribution in [2.24, 2.45) is 5.73 Å². The van der Waals surface area contributed by atoms with Gasteiger partial charge in [0.25, 0.3) is 0 Å². The van der Waals surface area contributed by atoms with E-state index in [-0.39, 0.29) is 11.4 Å². The van der Waals surface area contributed by atoms with Gasteiger partial charge in [0.15, 0.2) is 0 Å². The van der Waals surface area contributed by atoms with Crippen molar-refractivity contribution < 1.29 is 8.42 Å². The van der Waals surface area contributed by atoms with E-state index in [2.05, 4.69) is 9.71 Å². The van der Waals surface area contributed by atoms with Gasteiger partial charge in [-0.15, -0.1) is 22.7 Å². The minimum absolute atomic E-state index is 0.216. The maximum atomic E-state index is 11.9. The van der Waals surface area contributed by atoms with Crippen LogP contribution in [0, 0.1) is 0 Å². The molecule has 17 heavy (non-hydrogen) atoms. The summed E-state index contributed by atoms with van der Waals surface area (Å²) in [6.45, 7) is 0.570. The number of thiazole rings is 1.